The number of hydrogen-bond acceptors (Lipinski definition) is 6. The van der Waals surface area contributed by atoms with E-state index in [-0.39, 0.29) is 23.4 Å². The van der Waals surface area contributed by atoms with Crippen molar-refractivity contribution in [3.05, 3.63) is 30.0 Å². The lowest BCUT2D eigenvalue weighted by atomic mass is 9.95. The van der Waals surface area contributed by atoms with Gasteiger partial charge in [0.2, 0.25) is 11.8 Å². The van der Waals surface area contributed by atoms with Crippen LogP contribution in [0.25, 0.3) is 10.9 Å². The van der Waals surface area contributed by atoms with Gasteiger partial charge in [-0.05, 0) is 55.7 Å². The summed E-state index contributed by atoms with van der Waals surface area (Å²) in [6, 6.07) is 4.69. The third-order valence-electron chi connectivity index (χ3n) is 7.87. The smallest absolute Gasteiger partial charge is 0.496 e. The molecule has 0 radical (unpaired) electrons. The first kappa shape index (κ1) is 27.0. The number of aromatic amines is 1. The third kappa shape index (κ3) is 5.72. The Morgan fingerprint density at radius 2 is 2.03 bits per heavy atom. The number of H-pyrrole nitrogens is 1. The van der Waals surface area contributed by atoms with Crippen molar-refractivity contribution >= 4 is 34.4 Å². The summed E-state index contributed by atoms with van der Waals surface area (Å²) >= 11 is 0. The molecule has 2 aliphatic heterocycles. The van der Waals surface area contributed by atoms with Crippen LogP contribution in [0.3, 0.4) is 0 Å². The number of aromatic nitrogens is 1. The number of fused-ring (bicyclic) bond motifs is 1. The lowest BCUT2D eigenvalue weighted by Gasteiger charge is -2.26. The maximum absolute atomic E-state index is 13.6. The molecule has 1 saturated carbocycles. The summed E-state index contributed by atoms with van der Waals surface area (Å²) in [6.45, 7) is -0.575. The summed E-state index contributed by atoms with van der Waals surface area (Å²) in [5.41, 5.74) is 0.744. The van der Waals surface area contributed by atoms with Gasteiger partial charge in [0.1, 0.15) is 24.1 Å². The number of carbonyl (C=O) groups excluding carboxylic acids is 4. The molecule has 1 unspecified atom stereocenters. The van der Waals surface area contributed by atoms with Crippen LogP contribution in [0.4, 0.5) is 13.2 Å². The lowest BCUT2D eigenvalue weighted by Crippen LogP contribution is -2.52. The molecule has 1 spiro atoms. The fraction of sp³-hybridized carbons (Fsp3) is 0.538. The van der Waals surface area contributed by atoms with Gasteiger partial charge in [-0.3, -0.25) is 23.9 Å². The molecule has 13 heteroatoms. The normalized spacial score (nSPS) is 22.7. The van der Waals surface area contributed by atoms with Crippen molar-refractivity contribution in [2.75, 3.05) is 26.8 Å². The van der Waals surface area contributed by atoms with E-state index in [1.54, 1.807) is 24.3 Å². The van der Waals surface area contributed by atoms with Crippen molar-refractivity contribution in [2.45, 2.75) is 50.6 Å². The van der Waals surface area contributed by atoms with Crippen LogP contribution >= 0.6 is 0 Å². The summed E-state index contributed by atoms with van der Waals surface area (Å²) in [7, 11) is 1.52. The van der Waals surface area contributed by atoms with E-state index in [0.29, 0.717) is 42.6 Å². The monoisotopic (exact) mass is 550 g/mol. The molecule has 1 aromatic carbocycles. The third-order valence-corrected chi connectivity index (χ3v) is 7.87. The number of ketones is 1. The molecular formula is C26H29F3N4O6. The van der Waals surface area contributed by atoms with Gasteiger partial charge in [-0.2, -0.15) is 0 Å². The Labute approximate surface area is 221 Å². The fourth-order valence-corrected chi connectivity index (χ4v) is 5.57. The number of Topliss-reactive ketones (excluding diaryl/α,β-unsaturated/α-hetero) is 1. The van der Waals surface area contributed by atoms with Gasteiger partial charge >= 0.3 is 6.36 Å². The Hall–Kier alpha value is -3.61. The molecule has 3 N–H and O–H groups in total. The first-order chi connectivity index (χ1) is 18.5. The van der Waals surface area contributed by atoms with Crippen LogP contribution in [-0.4, -0.2) is 78.6 Å². The zero-order valence-electron chi connectivity index (χ0n) is 21.2. The number of likely N-dealkylation sites (tertiary alicyclic amines) is 1. The van der Waals surface area contributed by atoms with Gasteiger partial charge in [0.25, 0.3) is 5.91 Å². The molecule has 1 aromatic heterocycles. The van der Waals surface area contributed by atoms with Gasteiger partial charge in [-0.15, -0.1) is 13.2 Å². The minimum atomic E-state index is -5.02. The molecule has 2 aromatic rings. The van der Waals surface area contributed by atoms with Crippen LogP contribution < -0.4 is 15.4 Å². The van der Waals surface area contributed by atoms with Crippen LogP contribution in [0, 0.1) is 11.3 Å². The van der Waals surface area contributed by atoms with Gasteiger partial charge in [-0.25, -0.2) is 0 Å². The average Bonchev–Trinajstić information content (AvgIpc) is 3.20. The van der Waals surface area contributed by atoms with Crippen LogP contribution in [0.1, 0.15) is 42.6 Å². The van der Waals surface area contributed by atoms with Crippen molar-refractivity contribution in [1.29, 1.82) is 0 Å². The summed E-state index contributed by atoms with van der Waals surface area (Å²) in [4.78, 5) is 56.4. The Kier molecular flexibility index (Phi) is 7.04. The van der Waals surface area contributed by atoms with Crippen molar-refractivity contribution in [2.24, 2.45) is 11.3 Å². The molecule has 3 aliphatic rings. The van der Waals surface area contributed by atoms with E-state index in [2.05, 4.69) is 20.4 Å². The number of nitrogens with zero attached hydrogens (tertiary/aromatic N) is 1. The summed E-state index contributed by atoms with van der Waals surface area (Å²) in [5.74, 6) is -2.44. The van der Waals surface area contributed by atoms with E-state index in [0.717, 1.165) is 12.8 Å². The minimum Gasteiger partial charge on any atom is -0.496 e. The van der Waals surface area contributed by atoms with Gasteiger partial charge in [0.05, 0.1) is 13.2 Å². The second-order valence-electron chi connectivity index (χ2n) is 10.5. The minimum absolute atomic E-state index is 0.161. The first-order valence-corrected chi connectivity index (χ1v) is 12.8. The molecule has 210 valence electrons. The van der Waals surface area contributed by atoms with Crippen LogP contribution in [0.15, 0.2) is 24.3 Å². The topological polar surface area (TPSA) is 130 Å². The molecule has 3 heterocycles. The zero-order chi connectivity index (χ0) is 27.9. The van der Waals surface area contributed by atoms with Gasteiger partial charge in [-0.1, -0.05) is 6.07 Å². The predicted octanol–water partition coefficient (Wildman–Crippen LogP) is 2.29. The highest BCUT2D eigenvalue weighted by molar-refractivity contribution is 6.02. The number of nitrogens with one attached hydrogen (secondary N) is 3. The Morgan fingerprint density at radius 3 is 2.67 bits per heavy atom. The molecule has 3 fully saturated rings. The number of methoxy groups -OCH3 is 1. The van der Waals surface area contributed by atoms with Crippen LogP contribution in [0.5, 0.6) is 5.75 Å². The standard InChI is InChI=1S/C26H29F3N4O6/c1-38-21-4-2-3-16-15(21)10-18(31-16)24(37)33-13-25(6-7-25)11-19(33)23(36)32-17(9-14-5-8-30-22(14)35)20(34)12-39-26(27,28)29/h2-4,10,14,17,19,31H,5-9,11-13H2,1H3,(H,30,35)(H,32,36)/t14-,17?,19-/m0/s1. The number of alkyl halides is 3. The SMILES string of the molecule is COc1cccc2[nH]c(C(=O)N3CC4(CC4)C[C@H]3C(=O)NC(C[C@@H]3CCNC3=O)C(=O)COC(F)(F)F)cc12. The number of ether oxygens (including phenoxy) is 2. The van der Waals surface area contributed by atoms with Crippen molar-refractivity contribution < 1.29 is 41.8 Å². The maximum Gasteiger partial charge on any atom is 0.522 e. The van der Waals surface area contributed by atoms with E-state index in [1.165, 1.54) is 12.0 Å². The van der Waals surface area contributed by atoms with Crippen LogP contribution in [-0.2, 0) is 19.1 Å². The number of rotatable bonds is 9. The second kappa shape index (κ2) is 10.2. The molecule has 10 nitrogen and oxygen atoms in total. The summed E-state index contributed by atoms with van der Waals surface area (Å²) in [5, 5.41) is 5.87. The molecule has 39 heavy (non-hydrogen) atoms. The highest BCUT2D eigenvalue weighted by atomic mass is 19.4. The average molecular weight is 551 g/mol. The van der Waals surface area contributed by atoms with E-state index >= 15 is 0 Å². The Morgan fingerprint density at radius 1 is 1.26 bits per heavy atom. The molecule has 3 amide bonds. The molecule has 0 bridgehead atoms. The van der Waals surface area contributed by atoms with Crippen molar-refractivity contribution in [3.8, 4) is 5.75 Å². The number of carbonyl (C=O) groups is 4. The highest BCUT2D eigenvalue weighted by Crippen LogP contribution is 2.55. The van der Waals surface area contributed by atoms with Gasteiger partial charge < -0.3 is 25.3 Å². The quantitative estimate of drug-likeness (QED) is 0.440. The highest BCUT2D eigenvalue weighted by Gasteiger charge is 2.55. The number of amides is 3. The molecule has 2 saturated heterocycles. The van der Waals surface area contributed by atoms with E-state index in [9.17, 15) is 32.3 Å². The number of halogens is 3. The number of benzene rings is 1. The Balaban J connectivity index is 1.35. The maximum atomic E-state index is 13.6. The van der Waals surface area contributed by atoms with E-state index in [4.69, 9.17) is 4.74 Å². The molecule has 1 aliphatic carbocycles. The fourth-order valence-electron chi connectivity index (χ4n) is 5.57. The summed E-state index contributed by atoms with van der Waals surface area (Å²) < 4.78 is 46.8. The van der Waals surface area contributed by atoms with E-state index < -0.39 is 48.6 Å². The van der Waals surface area contributed by atoms with Crippen LogP contribution in [0.2, 0.25) is 0 Å². The van der Waals surface area contributed by atoms with Crippen molar-refractivity contribution in [3.63, 3.8) is 0 Å². The Bertz CT molecular complexity index is 1300. The van der Waals surface area contributed by atoms with Crippen molar-refractivity contribution in [1.82, 2.24) is 20.5 Å². The second-order valence-corrected chi connectivity index (χ2v) is 10.5. The zero-order valence-corrected chi connectivity index (χ0v) is 21.2. The van der Waals surface area contributed by atoms with Gasteiger partial charge in [0.15, 0.2) is 5.78 Å². The molecule has 3 atom stereocenters. The predicted molar refractivity (Wildman–Crippen MR) is 131 cm³/mol. The largest absolute Gasteiger partial charge is 0.522 e. The van der Waals surface area contributed by atoms with Gasteiger partial charge in [0, 0.05) is 29.9 Å². The molecular weight excluding hydrogens is 521 g/mol. The molecule has 5 rings (SSSR count). The number of hydrogen-bond donors (Lipinski definition) is 3. The first-order valence-electron chi connectivity index (χ1n) is 12.8. The van der Waals surface area contributed by atoms with E-state index in [1.807, 2.05) is 0 Å². The lowest BCUT2D eigenvalue weighted by molar-refractivity contribution is -0.321. The summed E-state index contributed by atoms with van der Waals surface area (Å²) in [6.07, 6.45) is -2.75.